The number of aromatic nitrogens is 2. The van der Waals surface area contributed by atoms with Crippen molar-refractivity contribution in [2.24, 2.45) is 5.73 Å². The first-order chi connectivity index (χ1) is 15.0. The van der Waals surface area contributed by atoms with E-state index >= 15 is 0 Å². The van der Waals surface area contributed by atoms with Crippen LogP contribution < -0.4 is 11.1 Å². The fourth-order valence-electron chi connectivity index (χ4n) is 3.36. The van der Waals surface area contributed by atoms with E-state index in [1.807, 2.05) is 12.1 Å². The van der Waals surface area contributed by atoms with Gasteiger partial charge in [-0.05, 0) is 48.5 Å². The molecule has 3 amide bonds. The number of nitrogens with one attached hydrogen (secondary N) is 1. The molecule has 0 unspecified atom stereocenters. The second-order valence-electron chi connectivity index (χ2n) is 7.15. The average molecular weight is 441 g/mol. The highest BCUT2D eigenvalue weighted by Crippen LogP contribution is 2.19. The Labute approximate surface area is 183 Å². The third-order valence-corrected chi connectivity index (χ3v) is 5.24. The highest BCUT2D eigenvalue weighted by molar-refractivity contribution is 6.30. The van der Waals surface area contributed by atoms with Crippen molar-refractivity contribution in [2.45, 2.75) is 6.54 Å². The fourth-order valence-corrected chi connectivity index (χ4v) is 3.48. The minimum Gasteiger partial charge on any atom is -0.351 e. The summed E-state index contributed by atoms with van der Waals surface area (Å²) in [4.78, 5) is 32.0. The molecule has 1 aliphatic heterocycles. The van der Waals surface area contributed by atoms with E-state index < -0.39 is 6.03 Å². The lowest BCUT2D eigenvalue weighted by Gasteiger charge is -2.34. The first-order valence-corrected chi connectivity index (χ1v) is 10.1. The Bertz CT molecular complexity index is 1060. The molecular formula is C21H21ClN6O3. The molecule has 0 saturated carbocycles. The number of halogens is 1. The third kappa shape index (κ3) is 5.19. The maximum Gasteiger partial charge on any atom is 0.316 e. The SMILES string of the molecule is NC(=O)Nc1ccc(C(=O)N2CCN(Cc3nc(-c4ccc(Cl)cc4)no3)CC2)cc1. The maximum absolute atomic E-state index is 12.7. The molecule has 3 N–H and O–H groups in total. The Morgan fingerprint density at radius 2 is 1.71 bits per heavy atom. The molecule has 0 atom stereocenters. The first kappa shape index (κ1) is 20.8. The summed E-state index contributed by atoms with van der Waals surface area (Å²) in [5, 5.41) is 7.16. The van der Waals surface area contributed by atoms with Crippen LogP contribution in [0.15, 0.2) is 53.1 Å². The molecule has 0 aliphatic carbocycles. The second kappa shape index (κ2) is 9.15. The fraction of sp³-hybridized carbons (Fsp3) is 0.238. The van der Waals surface area contributed by atoms with Crippen LogP contribution in [0.1, 0.15) is 16.2 Å². The number of carbonyl (C=O) groups is 2. The largest absolute Gasteiger partial charge is 0.351 e. The van der Waals surface area contributed by atoms with Crippen LogP contribution in [0.3, 0.4) is 0 Å². The van der Waals surface area contributed by atoms with Gasteiger partial charge in [0.05, 0.1) is 6.54 Å². The van der Waals surface area contributed by atoms with Crippen molar-refractivity contribution >= 4 is 29.2 Å². The standard InChI is InChI=1S/C21H21ClN6O3/c22-16-5-1-14(2-6-16)19-25-18(31-26-19)13-27-9-11-28(12-10-27)20(29)15-3-7-17(8-4-15)24-21(23)30/h1-8H,9-13H2,(H3,23,24,30). The van der Waals surface area contributed by atoms with E-state index in [0.717, 1.165) is 5.56 Å². The number of hydrogen-bond donors (Lipinski definition) is 2. The van der Waals surface area contributed by atoms with Crippen molar-refractivity contribution in [1.82, 2.24) is 19.9 Å². The molecule has 2 heterocycles. The molecule has 10 heteroatoms. The van der Waals surface area contributed by atoms with E-state index in [4.69, 9.17) is 21.9 Å². The Morgan fingerprint density at radius 3 is 2.35 bits per heavy atom. The lowest BCUT2D eigenvalue weighted by molar-refractivity contribution is 0.0615. The smallest absolute Gasteiger partial charge is 0.316 e. The van der Waals surface area contributed by atoms with Crippen molar-refractivity contribution in [2.75, 3.05) is 31.5 Å². The van der Waals surface area contributed by atoms with Gasteiger partial charge in [0.2, 0.25) is 11.7 Å². The van der Waals surface area contributed by atoms with Crippen molar-refractivity contribution in [3.8, 4) is 11.4 Å². The van der Waals surface area contributed by atoms with Gasteiger partial charge in [-0.25, -0.2) is 4.79 Å². The van der Waals surface area contributed by atoms with Crippen molar-refractivity contribution in [1.29, 1.82) is 0 Å². The van der Waals surface area contributed by atoms with Crippen LogP contribution >= 0.6 is 11.6 Å². The van der Waals surface area contributed by atoms with Gasteiger partial charge in [-0.1, -0.05) is 16.8 Å². The number of nitrogens with two attached hydrogens (primary N) is 1. The molecule has 160 valence electrons. The van der Waals surface area contributed by atoms with Gasteiger partial charge in [0, 0.05) is 48.0 Å². The summed E-state index contributed by atoms with van der Waals surface area (Å²) in [6, 6.07) is 13.3. The van der Waals surface area contributed by atoms with E-state index in [9.17, 15) is 9.59 Å². The highest BCUT2D eigenvalue weighted by atomic mass is 35.5. The van der Waals surface area contributed by atoms with Gasteiger partial charge in [-0.2, -0.15) is 4.98 Å². The van der Waals surface area contributed by atoms with Gasteiger partial charge in [-0.3, -0.25) is 9.69 Å². The van der Waals surface area contributed by atoms with Crippen LogP contribution in [0.4, 0.5) is 10.5 Å². The molecule has 1 saturated heterocycles. The topological polar surface area (TPSA) is 118 Å². The molecule has 9 nitrogen and oxygen atoms in total. The van der Waals surface area contributed by atoms with Gasteiger partial charge < -0.3 is 20.5 Å². The monoisotopic (exact) mass is 440 g/mol. The van der Waals surface area contributed by atoms with Crippen LogP contribution in [0, 0.1) is 0 Å². The molecule has 0 radical (unpaired) electrons. The number of anilines is 1. The van der Waals surface area contributed by atoms with Crippen molar-refractivity contribution in [3.63, 3.8) is 0 Å². The van der Waals surface area contributed by atoms with E-state index in [1.165, 1.54) is 0 Å². The molecule has 31 heavy (non-hydrogen) atoms. The maximum atomic E-state index is 12.7. The summed E-state index contributed by atoms with van der Waals surface area (Å²) >= 11 is 5.91. The third-order valence-electron chi connectivity index (χ3n) is 4.99. The normalized spacial score (nSPS) is 14.4. The van der Waals surface area contributed by atoms with Crippen LogP contribution in [0.2, 0.25) is 5.02 Å². The van der Waals surface area contributed by atoms with E-state index in [1.54, 1.807) is 41.3 Å². The number of nitrogens with zero attached hydrogens (tertiary/aromatic N) is 4. The second-order valence-corrected chi connectivity index (χ2v) is 7.59. The minimum atomic E-state index is -0.642. The number of rotatable bonds is 5. The summed E-state index contributed by atoms with van der Waals surface area (Å²) < 4.78 is 5.38. The number of piperazine rings is 1. The lowest BCUT2D eigenvalue weighted by Crippen LogP contribution is -2.48. The summed E-state index contributed by atoms with van der Waals surface area (Å²) in [7, 11) is 0. The molecular weight excluding hydrogens is 420 g/mol. The summed E-state index contributed by atoms with van der Waals surface area (Å²) in [5.41, 5.74) is 7.04. The number of carbonyl (C=O) groups excluding carboxylic acids is 2. The molecule has 4 rings (SSSR count). The Hall–Kier alpha value is -3.43. The molecule has 0 bridgehead atoms. The minimum absolute atomic E-state index is 0.0481. The number of amides is 3. The Morgan fingerprint density at radius 1 is 1.03 bits per heavy atom. The van der Waals surface area contributed by atoms with Crippen LogP contribution in [0.25, 0.3) is 11.4 Å². The average Bonchev–Trinajstić information content (AvgIpc) is 3.23. The zero-order valence-corrected chi connectivity index (χ0v) is 17.4. The molecule has 1 aromatic heterocycles. The van der Waals surface area contributed by atoms with Crippen LogP contribution in [-0.2, 0) is 6.54 Å². The van der Waals surface area contributed by atoms with E-state index in [2.05, 4.69) is 20.4 Å². The van der Waals surface area contributed by atoms with Crippen LogP contribution in [-0.4, -0.2) is 58.1 Å². The number of benzene rings is 2. The van der Waals surface area contributed by atoms with Gasteiger partial charge >= 0.3 is 6.03 Å². The number of urea groups is 1. The zero-order chi connectivity index (χ0) is 21.8. The molecule has 2 aromatic carbocycles. The predicted molar refractivity (Wildman–Crippen MR) is 116 cm³/mol. The van der Waals surface area contributed by atoms with Gasteiger partial charge in [0.1, 0.15) is 0 Å². The summed E-state index contributed by atoms with van der Waals surface area (Å²) in [5.74, 6) is 1.00. The molecule has 1 fully saturated rings. The zero-order valence-electron chi connectivity index (χ0n) is 16.6. The van der Waals surface area contributed by atoms with Crippen LogP contribution in [0.5, 0.6) is 0 Å². The van der Waals surface area contributed by atoms with E-state index in [-0.39, 0.29) is 5.91 Å². The number of primary amides is 1. The summed E-state index contributed by atoms with van der Waals surface area (Å²) in [6.07, 6.45) is 0. The molecule has 1 aliphatic rings. The predicted octanol–water partition coefficient (Wildman–Crippen LogP) is 2.84. The van der Waals surface area contributed by atoms with Gasteiger partial charge in [0.25, 0.3) is 5.91 Å². The van der Waals surface area contributed by atoms with Gasteiger partial charge in [0.15, 0.2) is 0 Å². The van der Waals surface area contributed by atoms with E-state index in [0.29, 0.717) is 60.7 Å². The Balaban J connectivity index is 1.30. The van der Waals surface area contributed by atoms with Gasteiger partial charge in [-0.15, -0.1) is 0 Å². The van der Waals surface area contributed by atoms with Crippen molar-refractivity contribution < 1.29 is 14.1 Å². The van der Waals surface area contributed by atoms with Crippen molar-refractivity contribution in [3.05, 3.63) is 65.0 Å². The Kier molecular flexibility index (Phi) is 6.15. The molecule has 0 spiro atoms. The lowest BCUT2D eigenvalue weighted by atomic mass is 10.1. The summed E-state index contributed by atoms with van der Waals surface area (Å²) in [6.45, 7) is 3.12. The molecule has 3 aromatic rings. The quantitative estimate of drug-likeness (QED) is 0.629. The highest BCUT2D eigenvalue weighted by Gasteiger charge is 2.23. The number of hydrogen-bond acceptors (Lipinski definition) is 6. The first-order valence-electron chi connectivity index (χ1n) is 9.74.